The molecule has 7 heteroatoms. The zero-order valence-corrected chi connectivity index (χ0v) is 14.6. The molecule has 0 atom stereocenters. The maximum absolute atomic E-state index is 12.0. The smallest absolute Gasteiger partial charge is 0.316 e. The molecule has 132 valence electrons. The molecule has 1 aliphatic carbocycles. The van der Waals surface area contributed by atoms with E-state index in [0.717, 1.165) is 31.2 Å². The van der Waals surface area contributed by atoms with Crippen molar-refractivity contribution in [2.75, 3.05) is 0 Å². The van der Waals surface area contributed by atoms with Gasteiger partial charge in [0.05, 0.1) is 0 Å². The number of carbonyl (C=O) groups excluding carboxylic acids is 1. The summed E-state index contributed by atoms with van der Waals surface area (Å²) in [6, 6.07) is 9.62. The van der Waals surface area contributed by atoms with E-state index in [1.807, 2.05) is 24.3 Å². The van der Waals surface area contributed by atoms with Gasteiger partial charge in [0.1, 0.15) is 6.10 Å². The lowest BCUT2D eigenvalue weighted by Gasteiger charge is -2.28. The second kappa shape index (κ2) is 8.67. The molecule has 1 aliphatic rings. The van der Waals surface area contributed by atoms with Gasteiger partial charge < -0.3 is 15.4 Å². The highest BCUT2D eigenvalue weighted by molar-refractivity contribution is 6.30. The number of amides is 2. The molecular formula is C18H21ClN4O2. The van der Waals surface area contributed by atoms with Crippen molar-refractivity contribution in [1.29, 1.82) is 0 Å². The molecule has 3 rings (SSSR count). The second-order valence-corrected chi connectivity index (χ2v) is 6.51. The van der Waals surface area contributed by atoms with Gasteiger partial charge in [-0.05, 0) is 49.4 Å². The van der Waals surface area contributed by atoms with Crippen LogP contribution >= 0.6 is 11.6 Å². The first kappa shape index (κ1) is 17.5. The average molecular weight is 361 g/mol. The van der Waals surface area contributed by atoms with E-state index in [1.165, 1.54) is 0 Å². The van der Waals surface area contributed by atoms with Gasteiger partial charge in [-0.2, -0.15) is 0 Å². The molecular weight excluding hydrogens is 340 g/mol. The fraction of sp³-hybridized carbons (Fsp3) is 0.389. The van der Waals surface area contributed by atoms with Crippen molar-refractivity contribution in [3.8, 4) is 6.01 Å². The van der Waals surface area contributed by atoms with E-state index in [4.69, 9.17) is 16.3 Å². The van der Waals surface area contributed by atoms with Crippen molar-refractivity contribution in [3.63, 3.8) is 0 Å². The molecule has 0 bridgehead atoms. The van der Waals surface area contributed by atoms with Gasteiger partial charge in [0.15, 0.2) is 0 Å². The molecule has 0 saturated heterocycles. The van der Waals surface area contributed by atoms with E-state index in [9.17, 15) is 4.79 Å². The number of halogens is 1. The number of urea groups is 1. The van der Waals surface area contributed by atoms with Crippen LogP contribution < -0.4 is 15.4 Å². The molecule has 1 aromatic carbocycles. The van der Waals surface area contributed by atoms with Crippen LogP contribution in [0, 0.1) is 0 Å². The minimum Gasteiger partial charge on any atom is -0.460 e. The zero-order valence-electron chi connectivity index (χ0n) is 13.8. The number of rotatable bonds is 5. The van der Waals surface area contributed by atoms with Gasteiger partial charge in [-0.1, -0.05) is 23.7 Å². The third-order valence-electron chi connectivity index (χ3n) is 4.19. The third kappa shape index (κ3) is 5.60. The Hall–Kier alpha value is -2.34. The lowest BCUT2D eigenvalue weighted by Crippen LogP contribution is -2.44. The summed E-state index contributed by atoms with van der Waals surface area (Å²) in [6.07, 6.45) is 6.96. The fourth-order valence-electron chi connectivity index (χ4n) is 2.84. The molecule has 1 saturated carbocycles. The summed E-state index contributed by atoms with van der Waals surface area (Å²) >= 11 is 5.85. The molecule has 2 aromatic rings. The third-order valence-corrected chi connectivity index (χ3v) is 4.44. The van der Waals surface area contributed by atoms with E-state index in [1.54, 1.807) is 18.5 Å². The van der Waals surface area contributed by atoms with Gasteiger partial charge in [0, 0.05) is 30.0 Å². The number of benzene rings is 1. The van der Waals surface area contributed by atoms with E-state index >= 15 is 0 Å². The topological polar surface area (TPSA) is 76.1 Å². The Morgan fingerprint density at radius 1 is 1.12 bits per heavy atom. The van der Waals surface area contributed by atoms with Crippen molar-refractivity contribution in [1.82, 2.24) is 20.6 Å². The molecule has 2 N–H and O–H groups in total. The van der Waals surface area contributed by atoms with Gasteiger partial charge in [-0.25, -0.2) is 14.8 Å². The van der Waals surface area contributed by atoms with Gasteiger partial charge in [-0.15, -0.1) is 0 Å². The molecule has 0 aliphatic heterocycles. The monoisotopic (exact) mass is 360 g/mol. The highest BCUT2D eigenvalue weighted by Crippen LogP contribution is 2.22. The predicted molar refractivity (Wildman–Crippen MR) is 95.5 cm³/mol. The second-order valence-electron chi connectivity index (χ2n) is 6.08. The molecule has 1 heterocycles. The highest BCUT2D eigenvalue weighted by atomic mass is 35.5. The van der Waals surface area contributed by atoms with Crippen LogP contribution in [-0.2, 0) is 6.54 Å². The first-order chi connectivity index (χ1) is 12.2. The van der Waals surface area contributed by atoms with Crippen molar-refractivity contribution < 1.29 is 9.53 Å². The number of aromatic nitrogens is 2. The molecule has 1 aromatic heterocycles. The van der Waals surface area contributed by atoms with Crippen LogP contribution in [-0.4, -0.2) is 28.1 Å². The van der Waals surface area contributed by atoms with Crippen LogP contribution in [0.3, 0.4) is 0 Å². The summed E-state index contributed by atoms with van der Waals surface area (Å²) in [4.78, 5) is 20.2. The summed E-state index contributed by atoms with van der Waals surface area (Å²) in [5.41, 5.74) is 1.01. The number of carbonyl (C=O) groups is 1. The summed E-state index contributed by atoms with van der Waals surface area (Å²) in [5, 5.41) is 6.58. The van der Waals surface area contributed by atoms with Crippen molar-refractivity contribution in [2.45, 2.75) is 44.4 Å². The van der Waals surface area contributed by atoms with Crippen LogP contribution in [0.15, 0.2) is 42.7 Å². The number of ether oxygens (including phenoxy) is 1. The largest absolute Gasteiger partial charge is 0.460 e. The van der Waals surface area contributed by atoms with E-state index in [0.29, 0.717) is 17.6 Å². The van der Waals surface area contributed by atoms with Gasteiger partial charge in [0.25, 0.3) is 0 Å². The minimum absolute atomic E-state index is 0.109. The van der Waals surface area contributed by atoms with Crippen molar-refractivity contribution >= 4 is 17.6 Å². The number of hydrogen-bond donors (Lipinski definition) is 2. The van der Waals surface area contributed by atoms with Crippen LogP contribution in [0.2, 0.25) is 5.02 Å². The predicted octanol–water partition coefficient (Wildman–Crippen LogP) is 3.32. The standard InChI is InChI=1S/C18H21ClN4O2/c19-14-4-2-13(3-5-14)12-22-17(24)23-15-6-8-16(9-7-15)25-18-20-10-1-11-21-18/h1-5,10-11,15-16H,6-9,12H2,(H2,22,23,24). The number of nitrogens with one attached hydrogen (secondary N) is 2. The lowest BCUT2D eigenvalue weighted by molar-refractivity contribution is 0.129. The lowest BCUT2D eigenvalue weighted by atomic mass is 9.93. The normalized spacial score (nSPS) is 19.9. The summed E-state index contributed by atoms with van der Waals surface area (Å²) in [6.45, 7) is 0.479. The Morgan fingerprint density at radius 2 is 1.80 bits per heavy atom. The molecule has 1 fully saturated rings. The Morgan fingerprint density at radius 3 is 2.48 bits per heavy atom. The van der Waals surface area contributed by atoms with E-state index in [2.05, 4.69) is 20.6 Å². The first-order valence-electron chi connectivity index (χ1n) is 8.41. The van der Waals surface area contributed by atoms with Crippen LogP contribution in [0.4, 0.5) is 4.79 Å². The Labute approximate surface area is 152 Å². The Kier molecular flexibility index (Phi) is 6.06. The minimum atomic E-state index is -0.147. The van der Waals surface area contributed by atoms with Crippen LogP contribution in [0.5, 0.6) is 6.01 Å². The number of hydrogen-bond acceptors (Lipinski definition) is 4. The Bertz CT molecular complexity index is 673. The molecule has 25 heavy (non-hydrogen) atoms. The van der Waals surface area contributed by atoms with E-state index < -0.39 is 0 Å². The number of nitrogens with zero attached hydrogens (tertiary/aromatic N) is 2. The summed E-state index contributed by atoms with van der Waals surface area (Å²) in [5.74, 6) is 0. The summed E-state index contributed by atoms with van der Waals surface area (Å²) in [7, 11) is 0. The molecule has 0 unspecified atom stereocenters. The van der Waals surface area contributed by atoms with Crippen molar-refractivity contribution in [2.24, 2.45) is 0 Å². The molecule has 0 radical (unpaired) electrons. The molecule has 6 nitrogen and oxygen atoms in total. The molecule has 0 spiro atoms. The summed E-state index contributed by atoms with van der Waals surface area (Å²) < 4.78 is 5.76. The van der Waals surface area contributed by atoms with Crippen LogP contribution in [0.1, 0.15) is 31.2 Å². The Balaban J connectivity index is 1.36. The maximum Gasteiger partial charge on any atom is 0.316 e. The fourth-order valence-corrected chi connectivity index (χ4v) is 2.97. The van der Waals surface area contributed by atoms with Crippen LogP contribution in [0.25, 0.3) is 0 Å². The highest BCUT2D eigenvalue weighted by Gasteiger charge is 2.24. The zero-order chi connectivity index (χ0) is 17.5. The first-order valence-corrected chi connectivity index (χ1v) is 8.79. The van der Waals surface area contributed by atoms with Crippen molar-refractivity contribution in [3.05, 3.63) is 53.3 Å². The van der Waals surface area contributed by atoms with Gasteiger partial charge in [0.2, 0.25) is 0 Å². The van der Waals surface area contributed by atoms with E-state index in [-0.39, 0.29) is 18.2 Å². The average Bonchev–Trinajstić information content (AvgIpc) is 2.64. The maximum atomic E-state index is 12.0. The molecule has 2 amide bonds. The van der Waals surface area contributed by atoms with Gasteiger partial charge >= 0.3 is 12.0 Å². The van der Waals surface area contributed by atoms with Gasteiger partial charge in [-0.3, -0.25) is 0 Å². The quantitative estimate of drug-likeness (QED) is 0.857. The SMILES string of the molecule is O=C(NCc1ccc(Cl)cc1)NC1CCC(Oc2ncccn2)CC1.